The Bertz CT molecular complexity index is 2770. The Morgan fingerprint density at radius 3 is 1.94 bits per heavy atom. The van der Waals surface area contributed by atoms with E-state index >= 15 is 0 Å². The fourth-order valence-corrected chi connectivity index (χ4v) is 8.37. The van der Waals surface area contributed by atoms with Crippen molar-refractivity contribution in [3.63, 3.8) is 0 Å². The zero-order valence-electron chi connectivity index (χ0n) is 25.2. The lowest BCUT2D eigenvalue weighted by atomic mass is 9.98. The summed E-state index contributed by atoms with van der Waals surface area (Å²) in [6, 6.07) is 56.5. The molecule has 0 saturated heterocycles. The van der Waals surface area contributed by atoms with E-state index in [1.54, 1.807) is 0 Å². The second-order valence-corrected chi connectivity index (χ2v) is 13.0. The molecule has 47 heavy (non-hydrogen) atoms. The van der Waals surface area contributed by atoms with Crippen LogP contribution in [0.1, 0.15) is 0 Å². The third-order valence-corrected chi connectivity index (χ3v) is 10.5. The summed E-state index contributed by atoms with van der Waals surface area (Å²) in [5.41, 5.74) is 10.8. The van der Waals surface area contributed by atoms with Crippen LogP contribution in [-0.4, -0.2) is 9.55 Å². The predicted molar refractivity (Wildman–Crippen MR) is 198 cm³/mol. The van der Waals surface area contributed by atoms with Gasteiger partial charge in [0.2, 0.25) is 0 Å². The highest BCUT2D eigenvalue weighted by molar-refractivity contribution is 7.26. The van der Waals surface area contributed by atoms with Crippen LogP contribution in [0.15, 0.2) is 162 Å². The SMILES string of the molecule is c1ccc(-c2ccc3c4c(-c5ccccc5)cccc4n(-c4nc5cc(-c6ccccc6)c6sc7ccccc7c6c5o4)c3c2)cc1. The number of nitrogens with zero attached hydrogens (tertiary/aromatic N) is 2. The smallest absolute Gasteiger partial charge is 0.307 e. The van der Waals surface area contributed by atoms with E-state index in [-0.39, 0.29) is 0 Å². The predicted octanol–water partition coefficient (Wildman–Crippen LogP) is 12.3. The Kier molecular flexibility index (Phi) is 5.74. The minimum absolute atomic E-state index is 0.567. The number of oxazole rings is 1. The molecule has 0 spiro atoms. The zero-order valence-corrected chi connectivity index (χ0v) is 26.0. The van der Waals surface area contributed by atoms with Crippen molar-refractivity contribution in [2.75, 3.05) is 0 Å². The largest absolute Gasteiger partial charge is 0.422 e. The van der Waals surface area contributed by atoms with E-state index in [0.29, 0.717) is 6.01 Å². The highest BCUT2D eigenvalue weighted by atomic mass is 32.1. The van der Waals surface area contributed by atoms with Crippen LogP contribution in [0.3, 0.4) is 0 Å². The molecule has 0 saturated carbocycles. The van der Waals surface area contributed by atoms with Gasteiger partial charge in [0, 0.05) is 36.5 Å². The van der Waals surface area contributed by atoms with Crippen molar-refractivity contribution < 1.29 is 4.42 Å². The van der Waals surface area contributed by atoms with Crippen LogP contribution in [0.25, 0.3) is 92.5 Å². The van der Waals surface area contributed by atoms with Gasteiger partial charge in [-0.15, -0.1) is 11.3 Å². The van der Waals surface area contributed by atoms with Crippen molar-refractivity contribution >= 4 is 64.4 Å². The number of hydrogen-bond acceptors (Lipinski definition) is 3. The molecule has 10 rings (SSSR count). The highest BCUT2D eigenvalue weighted by Gasteiger charge is 2.23. The van der Waals surface area contributed by atoms with E-state index < -0.39 is 0 Å². The van der Waals surface area contributed by atoms with Gasteiger partial charge in [-0.05, 0) is 52.1 Å². The van der Waals surface area contributed by atoms with Crippen LogP contribution < -0.4 is 0 Å². The van der Waals surface area contributed by atoms with Gasteiger partial charge >= 0.3 is 6.01 Å². The second-order valence-electron chi connectivity index (χ2n) is 11.9. The van der Waals surface area contributed by atoms with Gasteiger partial charge in [0.25, 0.3) is 0 Å². The first-order chi connectivity index (χ1) is 23.3. The van der Waals surface area contributed by atoms with Crippen molar-refractivity contribution in [3.05, 3.63) is 158 Å². The average Bonchev–Trinajstić information content (AvgIpc) is 3.83. The van der Waals surface area contributed by atoms with E-state index in [0.717, 1.165) is 38.5 Å². The lowest BCUT2D eigenvalue weighted by molar-refractivity contribution is 0.577. The van der Waals surface area contributed by atoms with E-state index in [9.17, 15) is 0 Å². The van der Waals surface area contributed by atoms with Crippen molar-refractivity contribution in [1.29, 1.82) is 0 Å². The summed E-state index contributed by atoms with van der Waals surface area (Å²) in [5, 5.41) is 4.67. The van der Waals surface area contributed by atoms with Crippen LogP contribution in [0, 0.1) is 0 Å². The Hall–Kier alpha value is -5.97. The molecule has 0 radical (unpaired) electrons. The Balaban J connectivity index is 1.32. The molecule has 0 unspecified atom stereocenters. The summed E-state index contributed by atoms with van der Waals surface area (Å²) in [4.78, 5) is 5.28. The Morgan fingerprint density at radius 2 is 1.17 bits per heavy atom. The van der Waals surface area contributed by atoms with E-state index in [2.05, 4.69) is 162 Å². The minimum Gasteiger partial charge on any atom is -0.422 e. The number of thiophene rings is 1. The molecular weight excluding hydrogens is 593 g/mol. The maximum Gasteiger partial charge on any atom is 0.307 e. The van der Waals surface area contributed by atoms with E-state index in [4.69, 9.17) is 9.40 Å². The van der Waals surface area contributed by atoms with Crippen molar-refractivity contribution in [2.45, 2.75) is 0 Å². The summed E-state index contributed by atoms with van der Waals surface area (Å²) in [5.74, 6) is 0. The third-order valence-electron chi connectivity index (χ3n) is 9.25. The van der Waals surface area contributed by atoms with Gasteiger partial charge < -0.3 is 4.42 Å². The van der Waals surface area contributed by atoms with E-state index in [1.165, 1.54) is 48.0 Å². The molecular formula is C43H26N2OS. The molecule has 3 heterocycles. The van der Waals surface area contributed by atoms with Crippen molar-refractivity contribution in [1.82, 2.24) is 9.55 Å². The molecule has 0 amide bonds. The van der Waals surface area contributed by atoms with Crippen LogP contribution in [-0.2, 0) is 0 Å². The third kappa shape index (κ3) is 4.02. The lowest BCUT2D eigenvalue weighted by Crippen LogP contribution is -1.94. The first-order valence-corrected chi connectivity index (χ1v) is 16.6. The average molecular weight is 619 g/mol. The summed E-state index contributed by atoms with van der Waals surface area (Å²) >= 11 is 1.81. The molecule has 7 aromatic carbocycles. The molecule has 0 N–H and O–H groups in total. The first kappa shape index (κ1) is 26.3. The number of aromatic nitrogens is 2. The van der Waals surface area contributed by atoms with Crippen molar-refractivity contribution in [3.8, 4) is 39.4 Å². The second kappa shape index (κ2) is 10.3. The summed E-state index contributed by atoms with van der Waals surface area (Å²) in [7, 11) is 0. The molecule has 10 aromatic rings. The number of benzene rings is 7. The standard InChI is InChI=1S/C43H26N2OS/c1-4-13-27(14-5-1)30-23-24-32-37(25-30)45(36-21-12-20-31(39(32)36)28-15-6-2-7-16-28)43-44-35-26-34(29-17-8-3-9-18-29)42-40(41(35)46-43)33-19-10-11-22-38(33)47-42/h1-26H. The molecule has 220 valence electrons. The fraction of sp³-hybridized carbons (Fsp3) is 0. The molecule has 0 aliphatic rings. The number of hydrogen-bond donors (Lipinski definition) is 0. The van der Waals surface area contributed by atoms with Gasteiger partial charge in [0.15, 0.2) is 5.58 Å². The number of rotatable bonds is 4. The molecule has 3 aromatic heterocycles. The summed E-state index contributed by atoms with van der Waals surface area (Å²) in [6.07, 6.45) is 0. The van der Waals surface area contributed by atoms with Gasteiger partial charge in [-0.25, -0.2) is 0 Å². The molecule has 0 aliphatic carbocycles. The van der Waals surface area contributed by atoms with Crippen LogP contribution in [0.2, 0.25) is 0 Å². The maximum atomic E-state index is 6.95. The minimum atomic E-state index is 0.567. The van der Waals surface area contributed by atoms with Gasteiger partial charge in [0.1, 0.15) is 5.52 Å². The monoisotopic (exact) mass is 618 g/mol. The summed E-state index contributed by atoms with van der Waals surface area (Å²) in [6.45, 7) is 0. The van der Waals surface area contributed by atoms with Gasteiger partial charge in [0.05, 0.1) is 11.0 Å². The molecule has 4 heteroatoms. The Labute approximate surface area is 274 Å². The van der Waals surface area contributed by atoms with Crippen LogP contribution in [0.5, 0.6) is 0 Å². The highest BCUT2D eigenvalue weighted by Crippen LogP contribution is 2.46. The van der Waals surface area contributed by atoms with Gasteiger partial charge in [-0.3, -0.25) is 4.57 Å². The zero-order chi connectivity index (χ0) is 30.9. The fourth-order valence-electron chi connectivity index (χ4n) is 7.13. The number of fused-ring (bicyclic) bond motifs is 8. The van der Waals surface area contributed by atoms with Gasteiger partial charge in [-0.1, -0.05) is 133 Å². The molecule has 3 nitrogen and oxygen atoms in total. The molecule has 0 aliphatic heterocycles. The Morgan fingerprint density at radius 1 is 0.489 bits per heavy atom. The molecule has 0 atom stereocenters. The van der Waals surface area contributed by atoms with Crippen LogP contribution >= 0.6 is 11.3 Å². The first-order valence-electron chi connectivity index (χ1n) is 15.8. The quantitative estimate of drug-likeness (QED) is 0.196. The van der Waals surface area contributed by atoms with E-state index in [1.807, 2.05) is 11.3 Å². The maximum absolute atomic E-state index is 6.95. The molecule has 0 bridgehead atoms. The van der Waals surface area contributed by atoms with Crippen molar-refractivity contribution in [2.24, 2.45) is 0 Å². The molecule has 0 fully saturated rings. The normalized spacial score (nSPS) is 11.8. The topological polar surface area (TPSA) is 31.0 Å². The van der Waals surface area contributed by atoms with Crippen LogP contribution in [0.4, 0.5) is 0 Å². The summed E-state index contributed by atoms with van der Waals surface area (Å²) < 4.78 is 11.6. The van der Waals surface area contributed by atoms with Gasteiger partial charge in [-0.2, -0.15) is 4.98 Å². The lowest BCUT2D eigenvalue weighted by Gasteiger charge is -2.05.